The average molecular weight is 820 g/mol. The van der Waals surface area contributed by atoms with Crippen LogP contribution in [0.4, 0.5) is 0 Å². The van der Waals surface area contributed by atoms with E-state index >= 15 is 0 Å². The van der Waals surface area contributed by atoms with E-state index in [0.717, 1.165) is 77.6 Å². The van der Waals surface area contributed by atoms with Gasteiger partial charge in [0.2, 0.25) is 0 Å². The van der Waals surface area contributed by atoms with E-state index in [1.165, 1.54) is 27.8 Å². The Morgan fingerprint density at radius 1 is 0.328 bits per heavy atom. The van der Waals surface area contributed by atoms with Crippen LogP contribution in [0.15, 0.2) is 217 Å². The molecule has 0 saturated heterocycles. The fraction of sp³-hybridized carbons (Fsp3) is 0.0500. The predicted molar refractivity (Wildman–Crippen MR) is 263 cm³/mol. The molecule has 0 N–H and O–H groups in total. The minimum Gasteiger partial charge on any atom is -0.456 e. The van der Waals surface area contributed by atoms with Crippen molar-refractivity contribution in [2.75, 3.05) is 0 Å². The fourth-order valence-electron chi connectivity index (χ4n) is 9.75. The smallest absolute Gasteiger partial charge is 0.164 e. The number of furan rings is 1. The summed E-state index contributed by atoms with van der Waals surface area (Å²) in [7, 11) is 0. The summed E-state index contributed by atoms with van der Waals surface area (Å²) < 4.78 is 6.55. The van der Waals surface area contributed by atoms with Crippen LogP contribution in [0.5, 0.6) is 0 Å². The highest BCUT2D eigenvalue weighted by Gasteiger charge is 2.37. The lowest BCUT2D eigenvalue weighted by Gasteiger charge is -2.21. The van der Waals surface area contributed by atoms with Crippen molar-refractivity contribution in [3.8, 4) is 89.8 Å². The SMILES string of the molecule is CC1(C)c2ccccc2-c2c(-c3nc(-c4cccc(-c5ccc6c(c5)oc5cccc(-c7ccccc7)c56)c4)nc(-c4cc(-c5ccccc5)cc(-c5ccccc5)c4)n3)cccc21. The molecule has 0 atom stereocenters. The monoisotopic (exact) mass is 819 g/mol. The van der Waals surface area contributed by atoms with Gasteiger partial charge >= 0.3 is 0 Å². The van der Waals surface area contributed by atoms with Gasteiger partial charge in [-0.25, -0.2) is 15.0 Å². The van der Waals surface area contributed by atoms with E-state index in [0.29, 0.717) is 17.5 Å². The van der Waals surface area contributed by atoms with Crippen LogP contribution in [-0.2, 0) is 5.41 Å². The molecule has 302 valence electrons. The highest BCUT2D eigenvalue weighted by atomic mass is 16.3. The van der Waals surface area contributed by atoms with Gasteiger partial charge < -0.3 is 4.42 Å². The van der Waals surface area contributed by atoms with E-state index in [1.807, 2.05) is 0 Å². The number of fused-ring (bicyclic) bond motifs is 6. The zero-order valence-corrected chi connectivity index (χ0v) is 35.5. The van der Waals surface area contributed by atoms with Gasteiger partial charge in [0.15, 0.2) is 17.5 Å². The second kappa shape index (κ2) is 15.0. The maximum absolute atomic E-state index is 6.55. The molecule has 1 aliphatic rings. The summed E-state index contributed by atoms with van der Waals surface area (Å²) in [4.78, 5) is 16.1. The second-order valence-electron chi connectivity index (χ2n) is 17.2. The van der Waals surface area contributed by atoms with E-state index < -0.39 is 0 Å². The quantitative estimate of drug-likeness (QED) is 0.161. The molecule has 0 fully saturated rings. The highest BCUT2D eigenvalue weighted by molar-refractivity contribution is 6.13. The van der Waals surface area contributed by atoms with Gasteiger partial charge in [-0.05, 0) is 109 Å². The Bertz CT molecular complexity index is 3510. The normalized spacial score (nSPS) is 12.7. The maximum atomic E-state index is 6.55. The summed E-state index contributed by atoms with van der Waals surface area (Å²) in [6, 6.07) is 74.9. The molecule has 2 aromatic heterocycles. The molecular weight excluding hydrogens is 779 g/mol. The van der Waals surface area contributed by atoms with Crippen molar-refractivity contribution in [2.45, 2.75) is 19.3 Å². The van der Waals surface area contributed by atoms with Crippen LogP contribution < -0.4 is 0 Å². The van der Waals surface area contributed by atoms with Gasteiger partial charge in [-0.15, -0.1) is 0 Å². The van der Waals surface area contributed by atoms with Gasteiger partial charge in [0.1, 0.15) is 11.2 Å². The molecule has 64 heavy (non-hydrogen) atoms. The van der Waals surface area contributed by atoms with E-state index in [4.69, 9.17) is 19.4 Å². The van der Waals surface area contributed by atoms with Gasteiger partial charge in [-0.2, -0.15) is 0 Å². The first kappa shape index (κ1) is 37.5. The molecule has 1 aliphatic carbocycles. The lowest BCUT2D eigenvalue weighted by Crippen LogP contribution is -2.14. The summed E-state index contributed by atoms with van der Waals surface area (Å²) in [5.41, 5.74) is 18.2. The molecule has 0 radical (unpaired) electrons. The molecule has 0 unspecified atom stereocenters. The molecule has 9 aromatic carbocycles. The number of benzene rings is 9. The number of aromatic nitrogens is 3. The summed E-state index contributed by atoms with van der Waals surface area (Å²) in [6.45, 7) is 4.62. The third kappa shape index (κ3) is 6.34. The molecule has 2 heterocycles. The van der Waals surface area contributed by atoms with Crippen LogP contribution in [0.3, 0.4) is 0 Å². The molecule has 4 nitrogen and oxygen atoms in total. The predicted octanol–water partition coefficient (Wildman–Crippen LogP) is 15.7. The lowest BCUT2D eigenvalue weighted by molar-refractivity contribution is 0.660. The van der Waals surface area contributed by atoms with Gasteiger partial charge in [-0.1, -0.05) is 184 Å². The molecule has 0 aliphatic heterocycles. The summed E-state index contributed by atoms with van der Waals surface area (Å²) in [6.07, 6.45) is 0. The minimum absolute atomic E-state index is 0.173. The van der Waals surface area contributed by atoms with Crippen LogP contribution in [0, 0.1) is 0 Å². The molecule has 12 rings (SSSR count). The van der Waals surface area contributed by atoms with Gasteiger partial charge in [0.25, 0.3) is 0 Å². The Morgan fingerprint density at radius 3 is 1.56 bits per heavy atom. The average Bonchev–Trinajstić information content (AvgIpc) is 3.86. The maximum Gasteiger partial charge on any atom is 0.164 e. The van der Waals surface area contributed by atoms with Crippen LogP contribution in [0.2, 0.25) is 0 Å². The van der Waals surface area contributed by atoms with Gasteiger partial charge in [0.05, 0.1) is 0 Å². The zero-order valence-electron chi connectivity index (χ0n) is 35.5. The number of hydrogen-bond donors (Lipinski definition) is 0. The third-order valence-corrected chi connectivity index (χ3v) is 12.9. The first-order valence-corrected chi connectivity index (χ1v) is 21.8. The minimum atomic E-state index is -0.173. The molecule has 0 spiro atoms. The molecule has 11 aromatic rings. The number of hydrogen-bond acceptors (Lipinski definition) is 4. The standard InChI is InChI=1S/C60H41N3O/c1-60(2)51-28-13-12-25-48(51)55-50(27-15-29-52(55)60)59-62-57(61-58(63-59)46-35-44(38-17-6-3-7-18-38)34-45(36-46)39-19-8-4-9-20-39)43-24-14-23-41(33-43)42-31-32-49-54(37-42)64-53-30-16-26-47(56(49)53)40-21-10-5-11-22-40/h3-37H,1-2H3. The van der Waals surface area contributed by atoms with Crippen molar-refractivity contribution < 1.29 is 4.42 Å². The van der Waals surface area contributed by atoms with E-state index in [1.54, 1.807) is 0 Å². The Morgan fingerprint density at radius 2 is 0.828 bits per heavy atom. The summed E-state index contributed by atoms with van der Waals surface area (Å²) in [5.74, 6) is 1.86. The van der Waals surface area contributed by atoms with Crippen molar-refractivity contribution in [3.63, 3.8) is 0 Å². The van der Waals surface area contributed by atoms with Gasteiger partial charge in [-0.3, -0.25) is 0 Å². The van der Waals surface area contributed by atoms with Crippen molar-refractivity contribution in [1.82, 2.24) is 15.0 Å². The van der Waals surface area contributed by atoms with Crippen molar-refractivity contribution in [1.29, 1.82) is 0 Å². The van der Waals surface area contributed by atoms with E-state index in [9.17, 15) is 0 Å². The largest absolute Gasteiger partial charge is 0.456 e. The Hall–Kier alpha value is -8.21. The molecule has 4 heteroatoms. The summed E-state index contributed by atoms with van der Waals surface area (Å²) in [5, 5.41) is 2.22. The molecule has 0 bridgehead atoms. The van der Waals surface area contributed by atoms with E-state index in [2.05, 4.69) is 226 Å². The van der Waals surface area contributed by atoms with E-state index in [-0.39, 0.29) is 5.41 Å². The topological polar surface area (TPSA) is 51.8 Å². The van der Waals surface area contributed by atoms with Crippen molar-refractivity contribution in [2.24, 2.45) is 0 Å². The van der Waals surface area contributed by atoms with Crippen molar-refractivity contribution in [3.05, 3.63) is 223 Å². The Labute approximate surface area is 372 Å². The highest BCUT2D eigenvalue weighted by Crippen LogP contribution is 2.52. The Kier molecular flexibility index (Phi) is 8.80. The van der Waals surface area contributed by atoms with Crippen LogP contribution in [0.25, 0.3) is 112 Å². The molecular formula is C60H41N3O. The Balaban J connectivity index is 1.04. The van der Waals surface area contributed by atoms with Crippen molar-refractivity contribution >= 4 is 21.9 Å². The van der Waals surface area contributed by atoms with Crippen LogP contribution >= 0.6 is 0 Å². The second-order valence-corrected chi connectivity index (χ2v) is 17.2. The zero-order chi connectivity index (χ0) is 42.8. The summed E-state index contributed by atoms with van der Waals surface area (Å²) >= 11 is 0. The van der Waals surface area contributed by atoms with Crippen LogP contribution in [0.1, 0.15) is 25.0 Å². The fourth-order valence-corrected chi connectivity index (χ4v) is 9.75. The first-order valence-electron chi connectivity index (χ1n) is 21.8. The number of rotatable bonds is 7. The number of nitrogens with zero attached hydrogens (tertiary/aromatic N) is 3. The molecule has 0 saturated carbocycles. The first-order chi connectivity index (χ1) is 31.5. The molecule has 0 amide bonds. The van der Waals surface area contributed by atoms with Crippen LogP contribution in [-0.4, -0.2) is 15.0 Å². The van der Waals surface area contributed by atoms with Gasteiger partial charge in [0, 0.05) is 32.9 Å². The lowest BCUT2D eigenvalue weighted by atomic mass is 9.82. The third-order valence-electron chi connectivity index (χ3n) is 12.9.